The molecule has 24 heavy (non-hydrogen) atoms. The average Bonchev–Trinajstić information content (AvgIpc) is 2.86. The molecule has 1 amide bonds. The lowest BCUT2D eigenvalue weighted by molar-refractivity contribution is 0.0944. The van der Waals surface area contributed by atoms with Crippen molar-refractivity contribution >= 4 is 33.3 Å². The third-order valence-corrected chi connectivity index (χ3v) is 5.46. The van der Waals surface area contributed by atoms with Crippen LogP contribution in [-0.4, -0.2) is 20.1 Å². The molecule has 1 N–H and O–H groups in total. The molecule has 0 saturated carbocycles. The highest BCUT2D eigenvalue weighted by atomic mass is 35.5. The van der Waals surface area contributed by atoms with Crippen LogP contribution in [0.25, 0.3) is 0 Å². The van der Waals surface area contributed by atoms with Crippen molar-refractivity contribution in [3.63, 3.8) is 0 Å². The summed E-state index contributed by atoms with van der Waals surface area (Å²) in [4.78, 5) is 24.2. The summed E-state index contributed by atoms with van der Waals surface area (Å²) in [5.74, 6) is -0.688. The molecule has 0 spiro atoms. The highest BCUT2D eigenvalue weighted by Crippen LogP contribution is 2.29. The fourth-order valence-corrected chi connectivity index (χ4v) is 3.78. The summed E-state index contributed by atoms with van der Waals surface area (Å²) in [6.07, 6.45) is 1.61. The van der Waals surface area contributed by atoms with Crippen molar-refractivity contribution in [2.75, 3.05) is 0 Å². The zero-order chi connectivity index (χ0) is 17.5. The minimum Gasteiger partial charge on any atom is -0.455 e. The number of ketones is 1. The van der Waals surface area contributed by atoms with E-state index in [0.717, 1.165) is 0 Å². The summed E-state index contributed by atoms with van der Waals surface area (Å²) in [6, 6.07) is 5.41. The number of carbonyl (C=O) groups is 2. The molecule has 8 heteroatoms. The third kappa shape index (κ3) is 2.97. The number of halogens is 1. The number of hydrogen-bond acceptors (Lipinski definition) is 5. The molecule has 0 atom stereocenters. The number of furan rings is 1. The normalized spacial score (nSPS) is 14.3. The van der Waals surface area contributed by atoms with Crippen LogP contribution in [0, 0.1) is 6.92 Å². The van der Waals surface area contributed by atoms with Gasteiger partial charge in [-0.15, -0.1) is 0 Å². The highest BCUT2D eigenvalue weighted by Gasteiger charge is 2.30. The number of hydrogen-bond donors (Lipinski definition) is 1. The molecule has 0 radical (unpaired) electrons. The molecule has 1 aliphatic carbocycles. The van der Waals surface area contributed by atoms with Crippen LogP contribution >= 0.6 is 11.6 Å². The lowest BCUT2D eigenvalue weighted by Crippen LogP contribution is -2.30. The van der Waals surface area contributed by atoms with Crippen LogP contribution in [0.4, 0.5) is 0 Å². The lowest BCUT2D eigenvalue weighted by atomic mass is 9.94. The molecule has 0 unspecified atom stereocenters. The first-order valence-corrected chi connectivity index (χ1v) is 9.14. The van der Waals surface area contributed by atoms with E-state index in [1.54, 1.807) is 6.92 Å². The van der Waals surface area contributed by atoms with Gasteiger partial charge in [0.2, 0.25) is 0 Å². The van der Waals surface area contributed by atoms with E-state index in [-0.39, 0.29) is 16.4 Å². The van der Waals surface area contributed by atoms with Crippen molar-refractivity contribution in [2.24, 2.45) is 0 Å². The van der Waals surface area contributed by atoms with Gasteiger partial charge in [0.25, 0.3) is 10.0 Å². The van der Waals surface area contributed by atoms with Crippen LogP contribution in [0.5, 0.6) is 0 Å². The SMILES string of the molecule is Cc1c(C(=O)NS(=O)(=O)c2ccc(Cl)cc2)oc2c1C(=O)CCC2. The molecule has 6 nitrogen and oxygen atoms in total. The van der Waals surface area contributed by atoms with Crippen molar-refractivity contribution < 1.29 is 22.4 Å². The van der Waals surface area contributed by atoms with Gasteiger partial charge in [-0.25, -0.2) is 13.1 Å². The smallest absolute Gasteiger partial charge is 0.300 e. The fourth-order valence-electron chi connectivity index (χ4n) is 2.71. The molecule has 3 rings (SSSR count). The maximum absolute atomic E-state index is 12.3. The quantitative estimate of drug-likeness (QED) is 0.900. The fraction of sp³-hybridized carbons (Fsp3) is 0.250. The predicted octanol–water partition coefficient (Wildman–Crippen LogP) is 2.88. The second-order valence-electron chi connectivity index (χ2n) is 5.52. The zero-order valence-corrected chi connectivity index (χ0v) is 14.3. The molecular weight excluding hydrogens is 354 g/mol. The van der Waals surface area contributed by atoms with Gasteiger partial charge < -0.3 is 4.42 Å². The van der Waals surface area contributed by atoms with Gasteiger partial charge in [0.1, 0.15) is 5.76 Å². The minimum atomic E-state index is -4.06. The van der Waals surface area contributed by atoms with Crippen LogP contribution in [0.15, 0.2) is 33.6 Å². The molecule has 0 aliphatic heterocycles. The Kier molecular flexibility index (Phi) is 4.23. The second kappa shape index (κ2) is 6.07. The largest absolute Gasteiger partial charge is 0.455 e. The van der Waals surface area contributed by atoms with Crippen molar-refractivity contribution in [2.45, 2.75) is 31.1 Å². The lowest BCUT2D eigenvalue weighted by Gasteiger charge is -2.07. The maximum atomic E-state index is 12.3. The van der Waals surface area contributed by atoms with Crippen molar-refractivity contribution in [1.82, 2.24) is 4.72 Å². The van der Waals surface area contributed by atoms with Crippen molar-refractivity contribution in [1.29, 1.82) is 0 Å². The van der Waals surface area contributed by atoms with E-state index in [2.05, 4.69) is 0 Å². The number of nitrogens with one attached hydrogen (secondary N) is 1. The Morgan fingerprint density at radius 3 is 2.50 bits per heavy atom. The van der Waals surface area contributed by atoms with Crippen LogP contribution in [0.1, 0.15) is 45.1 Å². The van der Waals surface area contributed by atoms with Gasteiger partial charge in [0.05, 0.1) is 10.5 Å². The molecule has 0 fully saturated rings. The van der Waals surface area contributed by atoms with E-state index >= 15 is 0 Å². The van der Waals surface area contributed by atoms with Gasteiger partial charge in [-0.1, -0.05) is 11.6 Å². The van der Waals surface area contributed by atoms with E-state index < -0.39 is 15.9 Å². The summed E-state index contributed by atoms with van der Waals surface area (Å²) < 4.78 is 31.9. The second-order valence-corrected chi connectivity index (χ2v) is 7.64. The molecule has 1 heterocycles. The Morgan fingerprint density at radius 1 is 1.21 bits per heavy atom. The molecular formula is C16H14ClNO5S. The van der Waals surface area contributed by atoms with Crippen molar-refractivity contribution in [3.8, 4) is 0 Å². The number of aryl methyl sites for hydroxylation is 1. The number of benzene rings is 1. The average molecular weight is 368 g/mol. The molecule has 1 aromatic heterocycles. The molecule has 0 saturated heterocycles. The summed E-state index contributed by atoms with van der Waals surface area (Å²) in [6.45, 7) is 1.58. The summed E-state index contributed by atoms with van der Waals surface area (Å²) in [7, 11) is -4.06. The number of fused-ring (bicyclic) bond motifs is 1. The Bertz CT molecular complexity index is 928. The number of rotatable bonds is 3. The maximum Gasteiger partial charge on any atom is 0.300 e. The number of sulfonamides is 1. The third-order valence-electron chi connectivity index (χ3n) is 3.86. The van der Waals surface area contributed by atoms with E-state index in [4.69, 9.17) is 16.0 Å². The minimum absolute atomic E-state index is 0.0860. The molecule has 1 aromatic carbocycles. The van der Waals surface area contributed by atoms with Crippen molar-refractivity contribution in [3.05, 3.63) is 51.9 Å². The standard InChI is InChI=1S/C16H14ClNO5S/c1-9-14-12(19)3-2-4-13(14)23-15(9)16(20)18-24(21,22)11-7-5-10(17)6-8-11/h5-8H,2-4H2,1H3,(H,18,20). The summed E-state index contributed by atoms with van der Waals surface area (Å²) in [5, 5.41) is 0.383. The van der Waals surface area contributed by atoms with E-state index in [1.165, 1.54) is 24.3 Å². The van der Waals surface area contributed by atoms with E-state index in [1.807, 2.05) is 4.72 Å². The van der Waals surface area contributed by atoms with Gasteiger partial charge in [-0.05, 0) is 37.6 Å². The first kappa shape index (κ1) is 16.7. The molecule has 0 bridgehead atoms. The van der Waals surface area contributed by atoms with Gasteiger partial charge in [-0.2, -0.15) is 0 Å². The van der Waals surface area contributed by atoms with Gasteiger partial charge in [0, 0.05) is 23.4 Å². The Morgan fingerprint density at radius 2 is 1.88 bits per heavy atom. The van der Waals surface area contributed by atoms with E-state index in [0.29, 0.717) is 41.2 Å². The first-order valence-electron chi connectivity index (χ1n) is 7.28. The van der Waals surface area contributed by atoms with E-state index in [9.17, 15) is 18.0 Å². The molecule has 2 aromatic rings. The zero-order valence-electron chi connectivity index (χ0n) is 12.8. The van der Waals surface area contributed by atoms with Gasteiger partial charge in [-0.3, -0.25) is 9.59 Å². The Balaban J connectivity index is 1.90. The summed E-state index contributed by atoms with van der Waals surface area (Å²) in [5.41, 5.74) is 0.772. The molecule has 126 valence electrons. The Labute approximate surface area is 143 Å². The van der Waals surface area contributed by atoms with Crippen LogP contribution in [-0.2, 0) is 16.4 Å². The number of amides is 1. The van der Waals surface area contributed by atoms with Gasteiger partial charge >= 0.3 is 5.91 Å². The van der Waals surface area contributed by atoms with Crippen LogP contribution < -0.4 is 4.72 Å². The van der Waals surface area contributed by atoms with Crippen LogP contribution in [0.2, 0.25) is 5.02 Å². The monoisotopic (exact) mass is 367 g/mol. The van der Waals surface area contributed by atoms with Crippen LogP contribution in [0.3, 0.4) is 0 Å². The molecule has 1 aliphatic rings. The summed E-state index contributed by atoms with van der Waals surface area (Å²) >= 11 is 5.73. The highest BCUT2D eigenvalue weighted by molar-refractivity contribution is 7.90. The number of Topliss-reactive ketones (excluding diaryl/α,β-unsaturated/α-hetero) is 1. The predicted molar refractivity (Wildman–Crippen MR) is 86.8 cm³/mol. The Hall–Kier alpha value is -2.12. The topological polar surface area (TPSA) is 93.4 Å². The van der Waals surface area contributed by atoms with Gasteiger partial charge in [0.15, 0.2) is 11.5 Å². The number of carbonyl (C=O) groups excluding carboxylic acids is 2. The first-order chi connectivity index (χ1) is 11.3.